The van der Waals surface area contributed by atoms with Crippen molar-refractivity contribution in [1.29, 1.82) is 0 Å². The number of halogens is 2. The van der Waals surface area contributed by atoms with E-state index in [2.05, 4.69) is 11.8 Å². The zero-order chi connectivity index (χ0) is 22.7. The summed E-state index contributed by atoms with van der Waals surface area (Å²) in [6.45, 7) is 5.93. The molecule has 0 saturated heterocycles. The van der Waals surface area contributed by atoms with E-state index in [1.165, 1.54) is 12.1 Å². The van der Waals surface area contributed by atoms with E-state index in [1.54, 1.807) is 18.2 Å². The lowest BCUT2D eigenvalue weighted by Gasteiger charge is -2.13. The summed E-state index contributed by atoms with van der Waals surface area (Å²) in [5.41, 5.74) is 7.15. The molecule has 0 spiro atoms. The van der Waals surface area contributed by atoms with Crippen LogP contribution < -0.4 is 0 Å². The van der Waals surface area contributed by atoms with Crippen molar-refractivity contribution in [3.05, 3.63) is 130 Å². The fraction of sp³-hybridized carbons (Fsp3) is 0.133. The van der Waals surface area contributed by atoms with Crippen LogP contribution in [0.5, 0.6) is 0 Å². The maximum atomic E-state index is 15.1. The van der Waals surface area contributed by atoms with E-state index in [1.807, 2.05) is 75.4 Å². The van der Waals surface area contributed by atoms with Crippen molar-refractivity contribution in [3.63, 3.8) is 0 Å². The van der Waals surface area contributed by atoms with Crippen molar-refractivity contribution in [2.75, 3.05) is 0 Å². The molecule has 158 valence electrons. The van der Waals surface area contributed by atoms with E-state index >= 15 is 4.39 Å². The van der Waals surface area contributed by atoms with E-state index in [-0.39, 0.29) is 17.6 Å². The van der Waals surface area contributed by atoms with Gasteiger partial charge >= 0.3 is 0 Å². The number of hydrogen-bond acceptors (Lipinski definition) is 0. The van der Waals surface area contributed by atoms with E-state index in [0.29, 0.717) is 5.56 Å². The Bertz CT molecular complexity index is 1220. The molecule has 1 unspecified atom stereocenters. The van der Waals surface area contributed by atoms with Gasteiger partial charge in [0.2, 0.25) is 0 Å². The molecule has 0 aliphatic rings. The molecule has 4 aromatic carbocycles. The second-order valence-electron chi connectivity index (χ2n) is 8.18. The van der Waals surface area contributed by atoms with Gasteiger partial charge in [0.25, 0.3) is 0 Å². The van der Waals surface area contributed by atoms with Crippen molar-refractivity contribution < 1.29 is 8.78 Å². The van der Waals surface area contributed by atoms with Gasteiger partial charge in [0.15, 0.2) is 0 Å². The summed E-state index contributed by atoms with van der Waals surface area (Å²) >= 11 is 0. The molecule has 4 aromatic rings. The fourth-order valence-corrected chi connectivity index (χ4v) is 3.73. The molecule has 0 amide bonds. The molecule has 1 atom stereocenters. The molecule has 32 heavy (non-hydrogen) atoms. The molecule has 0 radical (unpaired) electrons. The van der Waals surface area contributed by atoms with Gasteiger partial charge in [-0.05, 0) is 72.9 Å². The van der Waals surface area contributed by atoms with Crippen LogP contribution in [-0.4, -0.2) is 0 Å². The average Bonchev–Trinajstić information content (AvgIpc) is 2.78. The summed E-state index contributed by atoms with van der Waals surface area (Å²) in [4.78, 5) is 0. The summed E-state index contributed by atoms with van der Waals surface area (Å²) in [6.07, 6.45) is 0. The van der Waals surface area contributed by atoms with Gasteiger partial charge in [-0.1, -0.05) is 83.6 Å². The molecule has 0 aromatic heterocycles. The summed E-state index contributed by atoms with van der Waals surface area (Å²) in [6, 6.07) is 26.0. The van der Waals surface area contributed by atoms with Crippen LogP contribution in [0.2, 0.25) is 0 Å². The van der Waals surface area contributed by atoms with Crippen LogP contribution in [-0.2, 0) is 0 Å². The highest BCUT2D eigenvalue weighted by atomic mass is 19.1. The van der Waals surface area contributed by atoms with Gasteiger partial charge in [0, 0.05) is 0 Å². The minimum absolute atomic E-state index is 0.285. The van der Waals surface area contributed by atoms with Crippen molar-refractivity contribution in [1.82, 2.24) is 0 Å². The first kappa shape index (κ1) is 21.5. The zero-order valence-corrected chi connectivity index (χ0v) is 18.4. The van der Waals surface area contributed by atoms with Crippen LogP contribution in [0.4, 0.5) is 8.78 Å². The van der Waals surface area contributed by atoms with Crippen LogP contribution in [0.25, 0.3) is 11.1 Å². The van der Waals surface area contributed by atoms with Crippen LogP contribution in [0, 0.1) is 44.2 Å². The van der Waals surface area contributed by atoms with Crippen LogP contribution >= 0.6 is 0 Å². The van der Waals surface area contributed by atoms with E-state index in [0.717, 1.165) is 38.9 Å². The SMILES string of the molecule is Cc1ccc(-c2cc(C)c(C#CC(c3ccc(C)cc3)c3ccc(F)cc3)c(F)c2)cc1. The molecule has 0 saturated carbocycles. The highest BCUT2D eigenvalue weighted by Crippen LogP contribution is 2.27. The zero-order valence-electron chi connectivity index (χ0n) is 18.4. The van der Waals surface area contributed by atoms with Crippen molar-refractivity contribution >= 4 is 0 Å². The lowest BCUT2D eigenvalue weighted by molar-refractivity contribution is 0.623. The quantitative estimate of drug-likeness (QED) is 0.296. The molecule has 0 bridgehead atoms. The number of aryl methyl sites for hydroxylation is 3. The Kier molecular flexibility index (Phi) is 6.19. The highest BCUT2D eigenvalue weighted by Gasteiger charge is 2.13. The van der Waals surface area contributed by atoms with E-state index in [9.17, 15) is 4.39 Å². The maximum absolute atomic E-state index is 15.1. The summed E-state index contributed by atoms with van der Waals surface area (Å²) < 4.78 is 28.6. The molecule has 0 nitrogen and oxygen atoms in total. The lowest BCUT2D eigenvalue weighted by Crippen LogP contribution is -2.00. The van der Waals surface area contributed by atoms with Crippen molar-refractivity contribution in [2.24, 2.45) is 0 Å². The molecule has 4 rings (SSSR count). The van der Waals surface area contributed by atoms with Gasteiger partial charge < -0.3 is 0 Å². The third kappa shape index (κ3) is 4.79. The molecule has 0 N–H and O–H groups in total. The molecular formula is C30H24F2. The highest BCUT2D eigenvalue weighted by molar-refractivity contribution is 5.66. The topological polar surface area (TPSA) is 0 Å². The van der Waals surface area contributed by atoms with Crippen molar-refractivity contribution in [3.8, 4) is 23.0 Å². The van der Waals surface area contributed by atoms with E-state index < -0.39 is 0 Å². The van der Waals surface area contributed by atoms with Gasteiger partial charge in [-0.15, -0.1) is 0 Å². The van der Waals surface area contributed by atoms with Gasteiger partial charge in [-0.3, -0.25) is 0 Å². The number of rotatable bonds is 3. The summed E-state index contributed by atoms with van der Waals surface area (Å²) in [7, 11) is 0. The second-order valence-corrected chi connectivity index (χ2v) is 8.18. The Hall–Kier alpha value is -3.70. The average molecular weight is 423 g/mol. The minimum atomic E-state index is -0.338. The van der Waals surface area contributed by atoms with Gasteiger partial charge in [-0.2, -0.15) is 0 Å². The number of benzene rings is 4. The Morgan fingerprint density at radius 2 is 1.16 bits per heavy atom. The molecule has 0 heterocycles. The first-order chi connectivity index (χ1) is 15.4. The lowest BCUT2D eigenvalue weighted by atomic mass is 9.90. The molecule has 0 fully saturated rings. The standard InChI is InChI=1S/C30H24F2/c1-20-4-8-23(9-5-20)26-18-22(3)28(30(32)19-26)16-17-29(24-10-6-21(2)7-11-24)25-12-14-27(31)15-13-25/h4-15,18-19,29H,1-3H3. The minimum Gasteiger partial charge on any atom is -0.207 e. The largest absolute Gasteiger partial charge is 0.207 e. The Balaban J connectivity index is 1.74. The van der Waals surface area contributed by atoms with Gasteiger partial charge in [-0.25, -0.2) is 8.78 Å². The first-order valence-electron chi connectivity index (χ1n) is 10.6. The Labute approximate surface area is 188 Å². The first-order valence-corrected chi connectivity index (χ1v) is 10.6. The normalized spacial score (nSPS) is 11.5. The third-order valence-electron chi connectivity index (χ3n) is 5.63. The fourth-order valence-electron chi connectivity index (χ4n) is 3.73. The van der Waals surface area contributed by atoms with E-state index in [4.69, 9.17) is 0 Å². The maximum Gasteiger partial charge on any atom is 0.139 e. The second kappa shape index (κ2) is 9.20. The molecule has 2 heteroatoms. The molecular weight excluding hydrogens is 398 g/mol. The van der Waals surface area contributed by atoms with Crippen LogP contribution in [0.3, 0.4) is 0 Å². The monoisotopic (exact) mass is 422 g/mol. The van der Waals surface area contributed by atoms with Gasteiger partial charge in [0.05, 0.1) is 11.5 Å². The summed E-state index contributed by atoms with van der Waals surface area (Å²) in [5.74, 6) is 5.40. The third-order valence-corrected chi connectivity index (χ3v) is 5.63. The number of hydrogen-bond donors (Lipinski definition) is 0. The van der Waals surface area contributed by atoms with Crippen LogP contribution in [0.15, 0.2) is 84.9 Å². The predicted molar refractivity (Wildman–Crippen MR) is 128 cm³/mol. The predicted octanol–water partition coefficient (Wildman–Crippen LogP) is 7.74. The summed E-state index contributed by atoms with van der Waals surface area (Å²) in [5, 5.41) is 0. The van der Waals surface area contributed by atoms with Gasteiger partial charge in [0.1, 0.15) is 11.6 Å². The van der Waals surface area contributed by atoms with Crippen LogP contribution in [0.1, 0.15) is 39.3 Å². The van der Waals surface area contributed by atoms with Crippen molar-refractivity contribution in [2.45, 2.75) is 26.7 Å². The molecule has 0 aliphatic heterocycles. The Morgan fingerprint density at radius 1 is 0.625 bits per heavy atom. The Morgan fingerprint density at radius 3 is 1.72 bits per heavy atom. The molecule has 0 aliphatic carbocycles. The smallest absolute Gasteiger partial charge is 0.139 e.